The highest BCUT2D eigenvalue weighted by Gasteiger charge is 2.32. The number of nitrogens with one attached hydrogen (secondary N) is 2. The van der Waals surface area contributed by atoms with Crippen LogP contribution in [0.3, 0.4) is 0 Å². The van der Waals surface area contributed by atoms with Gasteiger partial charge in [0.25, 0.3) is 5.91 Å². The van der Waals surface area contributed by atoms with Crippen LogP contribution in [-0.2, 0) is 12.7 Å². The van der Waals surface area contributed by atoms with E-state index in [4.69, 9.17) is 11.3 Å². The first-order valence-corrected chi connectivity index (χ1v) is 15.0. The lowest BCUT2D eigenvalue weighted by molar-refractivity contribution is -0.137. The smallest absolute Gasteiger partial charge is 0.366 e. The summed E-state index contributed by atoms with van der Waals surface area (Å²) >= 11 is 1.36. The molecule has 1 aliphatic carbocycles. The number of urea groups is 1. The van der Waals surface area contributed by atoms with Crippen LogP contribution in [0.15, 0.2) is 99.7 Å². The summed E-state index contributed by atoms with van der Waals surface area (Å²) in [7, 11) is 0. The highest BCUT2D eigenvalue weighted by molar-refractivity contribution is 7.08. The zero-order chi connectivity index (χ0) is 32.0. The zero-order valence-corrected chi connectivity index (χ0v) is 24.8. The van der Waals surface area contributed by atoms with Gasteiger partial charge >= 0.3 is 12.2 Å². The van der Waals surface area contributed by atoms with Gasteiger partial charge in [0, 0.05) is 16.9 Å². The van der Waals surface area contributed by atoms with Gasteiger partial charge in [-0.05, 0) is 113 Å². The van der Waals surface area contributed by atoms with E-state index >= 15 is 0 Å². The quantitative estimate of drug-likeness (QED) is 0.107. The average molecular weight is 631 g/mol. The molecule has 0 saturated carbocycles. The van der Waals surface area contributed by atoms with Crippen molar-refractivity contribution < 1.29 is 22.8 Å². The maximum atomic E-state index is 13.8. The Bertz CT molecular complexity index is 1750. The Labute approximate surface area is 261 Å². The summed E-state index contributed by atoms with van der Waals surface area (Å²) in [5, 5.41) is 9.10. The SMILES string of the molecule is N=NC(N)=NC(=O)c1ccc(CN(C(=O)Nc2cc(-c3ccsc3)cc(C(F)(F)F)c2)c2ccc(C3=CCCCC3)cc2)cc1. The van der Waals surface area contributed by atoms with Crippen molar-refractivity contribution in [2.75, 3.05) is 10.2 Å². The summed E-state index contributed by atoms with van der Waals surface area (Å²) in [6, 6.07) is 18.4. The van der Waals surface area contributed by atoms with Gasteiger partial charge in [-0.25, -0.2) is 10.3 Å². The van der Waals surface area contributed by atoms with Crippen LogP contribution >= 0.6 is 11.3 Å². The molecule has 0 atom stereocenters. The van der Waals surface area contributed by atoms with Crippen LogP contribution in [-0.4, -0.2) is 17.9 Å². The lowest BCUT2D eigenvalue weighted by Gasteiger charge is -2.25. The van der Waals surface area contributed by atoms with Crippen molar-refractivity contribution in [2.24, 2.45) is 15.8 Å². The number of halogens is 3. The lowest BCUT2D eigenvalue weighted by Crippen LogP contribution is -2.34. The largest absolute Gasteiger partial charge is 0.416 e. The van der Waals surface area contributed by atoms with Crippen molar-refractivity contribution in [1.82, 2.24) is 0 Å². The maximum absolute atomic E-state index is 13.8. The van der Waals surface area contributed by atoms with Crippen molar-refractivity contribution in [3.05, 3.63) is 112 Å². The third-order valence-corrected chi connectivity index (χ3v) is 8.01. The number of amides is 3. The van der Waals surface area contributed by atoms with Crippen LogP contribution in [0.2, 0.25) is 0 Å². The van der Waals surface area contributed by atoms with E-state index in [9.17, 15) is 22.8 Å². The molecule has 3 amide bonds. The van der Waals surface area contributed by atoms with E-state index in [2.05, 4.69) is 21.5 Å². The molecule has 1 aromatic heterocycles. The number of aliphatic imine (C=N–C) groups is 1. The first-order chi connectivity index (χ1) is 21.6. The van der Waals surface area contributed by atoms with Crippen molar-refractivity contribution in [2.45, 2.75) is 38.4 Å². The third-order valence-electron chi connectivity index (χ3n) is 7.32. The predicted octanol–water partition coefficient (Wildman–Crippen LogP) is 9.12. The van der Waals surface area contributed by atoms with Crippen molar-refractivity contribution in [1.29, 1.82) is 5.53 Å². The summed E-state index contributed by atoms with van der Waals surface area (Å²) in [5.41, 5.74) is 16.0. The van der Waals surface area contributed by atoms with Crippen molar-refractivity contribution in [3.63, 3.8) is 0 Å². The minimum atomic E-state index is -4.61. The number of hydrogen-bond acceptors (Lipinski definition) is 4. The zero-order valence-electron chi connectivity index (χ0n) is 24.0. The number of benzene rings is 3. The minimum absolute atomic E-state index is 0.00112. The number of hydrogen-bond donors (Lipinski definition) is 3. The molecule has 4 aromatic rings. The van der Waals surface area contributed by atoms with E-state index in [1.807, 2.05) is 24.3 Å². The Morgan fingerprint density at radius 3 is 2.33 bits per heavy atom. The Morgan fingerprint density at radius 1 is 0.956 bits per heavy atom. The fourth-order valence-corrected chi connectivity index (χ4v) is 5.68. The van der Waals surface area contributed by atoms with Crippen LogP contribution in [0, 0.1) is 5.53 Å². The molecule has 0 bridgehead atoms. The molecule has 0 saturated heterocycles. The van der Waals surface area contributed by atoms with Crippen molar-refractivity contribution >= 4 is 46.2 Å². The highest BCUT2D eigenvalue weighted by Crippen LogP contribution is 2.36. The van der Waals surface area contributed by atoms with Crippen LogP contribution < -0.4 is 16.0 Å². The summed E-state index contributed by atoms with van der Waals surface area (Å²) in [6.07, 6.45) is 1.87. The fourth-order valence-electron chi connectivity index (χ4n) is 5.01. The number of nitrogens with zero attached hydrogens (tertiary/aromatic N) is 3. The maximum Gasteiger partial charge on any atom is 0.416 e. The number of carbonyl (C=O) groups is 2. The van der Waals surface area contributed by atoms with Gasteiger partial charge in [-0.2, -0.15) is 29.5 Å². The molecule has 1 heterocycles. The number of thiophene rings is 1. The average Bonchev–Trinajstić information content (AvgIpc) is 3.59. The molecular formula is C33H29F3N6O2S. The Morgan fingerprint density at radius 2 is 1.71 bits per heavy atom. The van der Waals surface area contributed by atoms with E-state index in [1.54, 1.807) is 29.0 Å². The first kappa shape index (κ1) is 31.3. The highest BCUT2D eigenvalue weighted by atomic mass is 32.1. The van der Waals surface area contributed by atoms with E-state index in [-0.39, 0.29) is 17.8 Å². The molecule has 0 radical (unpaired) electrons. The van der Waals surface area contributed by atoms with Gasteiger partial charge in [0.1, 0.15) is 0 Å². The summed E-state index contributed by atoms with van der Waals surface area (Å²) in [6.45, 7) is 0.0478. The molecule has 45 heavy (non-hydrogen) atoms. The molecule has 4 N–H and O–H groups in total. The molecule has 0 fully saturated rings. The molecule has 230 valence electrons. The molecule has 3 aromatic carbocycles. The topological polar surface area (TPSA) is 124 Å². The molecule has 0 spiro atoms. The van der Waals surface area contributed by atoms with Gasteiger partial charge in [-0.1, -0.05) is 30.3 Å². The molecule has 8 nitrogen and oxygen atoms in total. The second-order valence-corrected chi connectivity index (χ2v) is 11.2. The molecule has 0 aliphatic heterocycles. The Balaban J connectivity index is 1.46. The number of nitrogens with two attached hydrogens (primary N) is 1. The molecule has 5 rings (SSSR count). The van der Waals surface area contributed by atoms with Crippen LogP contribution in [0.4, 0.5) is 29.3 Å². The standard InChI is InChI=1S/C33H29F3N6O2S/c34-33(35,36)27-16-26(25-14-15-45-20-25)17-28(18-27)39-32(44)42(29-12-10-23(11-13-29)22-4-2-1-3-5-22)19-21-6-8-24(9-7-21)30(43)40-31(37)41-38/h4,6-18,20,38H,1-3,5,19H2,(H,39,44)(H2,37,40,43). The monoisotopic (exact) mass is 630 g/mol. The van der Waals surface area contributed by atoms with E-state index in [0.29, 0.717) is 22.4 Å². The van der Waals surface area contributed by atoms with Crippen LogP contribution in [0.1, 0.15) is 52.7 Å². The second kappa shape index (κ2) is 13.7. The van der Waals surface area contributed by atoms with Crippen LogP contribution in [0.5, 0.6) is 0 Å². The normalized spacial score (nSPS) is 13.6. The third kappa shape index (κ3) is 7.90. The van der Waals surface area contributed by atoms with Gasteiger partial charge in [-0.15, -0.1) is 5.11 Å². The first-order valence-electron chi connectivity index (χ1n) is 14.1. The number of allylic oxidation sites excluding steroid dienone is 2. The van der Waals surface area contributed by atoms with Gasteiger partial charge in [-0.3, -0.25) is 9.69 Å². The van der Waals surface area contributed by atoms with Gasteiger partial charge in [0.2, 0.25) is 5.96 Å². The second-order valence-electron chi connectivity index (χ2n) is 10.4. The number of rotatable bonds is 7. The number of alkyl halides is 3. The van der Waals surface area contributed by atoms with E-state index in [0.717, 1.165) is 43.4 Å². The van der Waals surface area contributed by atoms with E-state index < -0.39 is 29.6 Å². The molecule has 1 aliphatic rings. The molecular weight excluding hydrogens is 601 g/mol. The van der Waals surface area contributed by atoms with Gasteiger partial charge < -0.3 is 11.1 Å². The number of guanidine groups is 1. The van der Waals surface area contributed by atoms with Gasteiger partial charge in [0.05, 0.1) is 12.1 Å². The Hall–Kier alpha value is -5.10. The van der Waals surface area contributed by atoms with E-state index in [1.165, 1.54) is 40.0 Å². The van der Waals surface area contributed by atoms with Crippen LogP contribution in [0.25, 0.3) is 16.7 Å². The van der Waals surface area contributed by atoms with Gasteiger partial charge in [0.15, 0.2) is 0 Å². The number of carbonyl (C=O) groups excluding carboxylic acids is 2. The van der Waals surface area contributed by atoms with Crippen molar-refractivity contribution in [3.8, 4) is 11.1 Å². The summed E-state index contributed by atoms with van der Waals surface area (Å²) in [5.74, 6) is -1.15. The number of anilines is 2. The summed E-state index contributed by atoms with van der Waals surface area (Å²) < 4.78 is 41.5. The summed E-state index contributed by atoms with van der Waals surface area (Å²) in [4.78, 5) is 31.0. The Kier molecular flexibility index (Phi) is 9.53. The minimum Gasteiger partial charge on any atom is -0.366 e. The lowest BCUT2D eigenvalue weighted by atomic mass is 9.93. The molecule has 12 heteroatoms. The fraction of sp³-hybridized carbons (Fsp3) is 0.182. The predicted molar refractivity (Wildman–Crippen MR) is 170 cm³/mol. The molecule has 0 unspecified atom stereocenters.